The number of amides is 2. The molecule has 1 aliphatic rings. The lowest BCUT2D eigenvalue weighted by Crippen LogP contribution is -2.40. The summed E-state index contributed by atoms with van der Waals surface area (Å²) < 4.78 is 5.16. The van der Waals surface area contributed by atoms with Crippen LogP contribution in [-0.4, -0.2) is 35.5 Å². The Labute approximate surface area is 120 Å². The van der Waals surface area contributed by atoms with Gasteiger partial charge in [-0.3, -0.25) is 9.59 Å². The lowest BCUT2D eigenvalue weighted by molar-refractivity contribution is -0.139. The van der Waals surface area contributed by atoms with Gasteiger partial charge in [-0.15, -0.1) is 12.3 Å². The predicted octanol–water partition coefficient (Wildman–Crippen LogP) is 0.224. The van der Waals surface area contributed by atoms with Gasteiger partial charge < -0.3 is 20.5 Å². The van der Waals surface area contributed by atoms with Gasteiger partial charge in [0.1, 0.15) is 11.8 Å². The monoisotopic (exact) mass is 288 g/mol. The van der Waals surface area contributed by atoms with Gasteiger partial charge in [0.15, 0.2) is 6.61 Å². The highest BCUT2D eigenvalue weighted by Crippen LogP contribution is 2.28. The molecule has 21 heavy (non-hydrogen) atoms. The topological polar surface area (TPSA) is 105 Å². The molecule has 0 spiro atoms. The van der Waals surface area contributed by atoms with Gasteiger partial charge in [0.05, 0.1) is 5.69 Å². The number of anilines is 1. The van der Waals surface area contributed by atoms with E-state index in [2.05, 4.69) is 16.6 Å². The van der Waals surface area contributed by atoms with Gasteiger partial charge in [-0.1, -0.05) is 0 Å². The van der Waals surface area contributed by atoms with E-state index in [4.69, 9.17) is 16.3 Å². The number of hydrogen-bond acceptors (Lipinski definition) is 4. The summed E-state index contributed by atoms with van der Waals surface area (Å²) in [6.45, 7) is -0.0815. The zero-order valence-corrected chi connectivity index (χ0v) is 10.9. The van der Waals surface area contributed by atoms with Gasteiger partial charge in [0.2, 0.25) is 0 Å². The molecule has 2 amide bonds. The highest BCUT2D eigenvalue weighted by Gasteiger charge is 2.22. The maximum absolute atomic E-state index is 12.0. The predicted molar refractivity (Wildman–Crippen MR) is 72.9 cm³/mol. The number of carbonyl (C=O) groups excluding carboxylic acids is 2. The number of terminal acetylenes is 1. The molecule has 1 aromatic rings. The van der Waals surface area contributed by atoms with Crippen molar-refractivity contribution in [3.8, 4) is 18.1 Å². The molecule has 0 bridgehead atoms. The van der Waals surface area contributed by atoms with Crippen LogP contribution >= 0.6 is 0 Å². The van der Waals surface area contributed by atoms with Crippen molar-refractivity contribution in [2.75, 3.05) is 11.9 Å². The molecule has 1 aliphatic heterocycles. The van der Waals surface area contributed by atoms with E-state index in [-0.39, 0.29) is 24.5 Å². The van der Waals surface area contributed by atoms with Crippen LogP contribution < -0.4 is 15.4 Å². The van der Waals surface area contributed by atoms with Gasteiger partial charge in [-0.05, 0) is 18.2 Å². The Morgan fingerprint density at radius 2 is 2.29 bits per heavy atom. The zero-order valence-electron chi connectivity index (χ0n) is 10.9. The van der Waals surface area contributed by atoms with Crippen LogP contribution in [0.3, 0.4) is 0 Å². The molecule has 0 radical (unpaired) electrons. The number of nitrogens with one attached hydrogen (secondary N) is 2. The van der Waals surface area contributed by atoms with E-state index in [9.17, 15) is 14.4 Å². The van der Waals surface area contributed by atoms with Crippen molar-refractivity contribution in [3.63, 3.8) is 0 Å². The lowest BCUT2D eigenvalue weighted by atomic mass is 10.1. The zero-order chi connectivity index (χ0) is 15.4. The first-order valence-electron chi connectivity index (χ1n) is 6.05. The number of ether oxygens (including phenoxy) is 1. The fourth-order valence-electron chi connectivity index (χ4n) is 1.78. The second-order valence-electron chi connectivity index (χ2n) is 4.32. The Bertz CT molecular complexity index is 647. The summed E-state index contributed by atoms with van der Waals surface area (Å²) >= 11 is 0. The molecule has 0 aliphatic carbocycles. The summed E-state index contributed by atoms with van der Waals surface area (Å²) in [7, 11) is 0. The van der Waals surface area contributed by atoms with Gasteiger partial charge in [-0.2, -0.15) is 0 Å². The van der Waals surface area contributed by atoms with Crippen LogP contribution in [0.4, 0.5) is 5.69 Å². The van der Waals surface area contributed by atoms with E-state index in [1.165, 1.54) is 18.2 Å². The molecule has 7 nitrogen and oxygen atoms in total. The molecular weight excluding hydrogens is 276 g/mol. The minimum Gasteiger partial charge on any atom is -0.482 e. The normalized spacial score (nSPS) is 14.0. The average molecular weight is 288 g/mol. The molecule has 0 fully saturated rings. The van der Waals surface area contributed by atoms with Crippen molar-refractivity contribution >= 4 is 23.5 Å². The number of aliphatic carboxylic acids is 1. The molecule has 1 aromatic carbocycles. The van der Waals surface area contributed by atoms with Crippen molar-refractivity contribution in [1.82, 2.24) is 5.32 Å². The molecule has 108 valence electrons. The highest BCUT2D eigenvalue weighted by atomic mass is 16.5. The molecule has 0 aromatic heterocycles. The summed E-state index contributed by atoms with van der Waals surface area (Å²) in [5, 5.41) is 13.8. The summed E-state index contributed by atoms with van der Waals surface area (Å²) in [6, 6.07) is 3.25. The fraction of sp³-hybridized carbons (Fsp3) is 0.214. The lowest BCUT2D eigenvalue weighted by Gasteiger charge is -2.19. The minimum atomic E-state index is -1.21. The van der Waals surface area contributed by atoms with Crippen LogP contribution in [0.1, 0.15) is 16.8 Å². The van der Waals surface area contributed by atoms with Crippen LogP contribution in [0.2, 0.25) is 0 Å². The van der Waals surface area contributed by atoms with E-state index in [0.717, 1.165) is 0 Å². The van der Waals surface area contributed by atoms with E-state index in [1.807, 2.05) is 0 Å². The van der Waals surface area contributed by atoms with E-state index >= 15 is 0 Å². The Morgan fingerprint density at radius 1 is 1.52 bits per heavy atom. The van der Waals surface area contributed by atoms with Gasteiger partial charge in [-0.25, -0.2) is 4.79 Å². The molecule has 1 unspecified atom stereocenters. The van der Waals surface area contributed by atoms with E-state index in [1.54, 1.807) is 0 Å². The number of carboxylic acids is 1. The van der Waals surface area contributed by atoms with Crippen LogP contribution in [0.25, 0.3) is 0 Å². The minimum absolute atomic E-state index is 0.0815. The molecule has 0 saturated heterocycles. The SMILES string of the molecule is C#CCC(NC(=O)c1ccc2c(c1)NC(=O)CO2)C(=O)O. The van der Waals surface area contributed by atoms with E-state index < -0.39 is 17.9 Å². The molecule has 0 saturated carbocycles. The second-order valence-corrected chi connectivity index (χ2v) is 4.32. The van der Waals surface area contributed by atoms with E-state index in [0.29, 0.717) is 11.4 Å². The Kier molecular flexibility index (Phi) is 4.09. The Morgan fingerprint density at radius 3 is 2.95 bits per heavy atom. The van der Waals surface area contributed by atoms with Crippen molar-refractivity contribution in [1.29, 1.82) is 0 Å². The Balaban J connectivity index is 2.16. The number of hydrogen-bond donors (Lipinski definition) is 3. The summed E-state index contributed by atoms with van der Waals surface area (Å²) in [4.78, 5) is 34.2. The van der Waals surface area contributed by atoms with Gasteiger partial charge in [0.25, 0.3) is 11.8 Å². The summed E-state index contributed by atoms with van der Waals surface area (Å²) in [5.41, 5.74) is 0.561. The first-order valence-corrected chi connectivity index (χ1v) is 6.05. The summed E-state index contributed by atoms with van der Waals surface area (Å²) in [5.74, 6) is 0.505. The maximum atomic E-state index is 12.0. The quantitative estimate of drug-likeness (QED) is 0.688. The third-order valence-electron chi connectivity index (χ3n) is 2.80. The fourth-order valence-corrected chi connectivity index (χ4v) is 1.78. The molecule has 1 heterocycles. The smallest absolute Gasteiger partial charge is 0.327 e. The highest BCUT2D eigenvalue weighted by molar-refractivity contribution is 6.00. The number of fused-ring (bicyclic) bond motifs is 1. The molecule has 1 atom stereocenters. The number of carboxylic acid groups (broad SMARTS) is 1. The van der Waals surface area contributed by atoms with Crippen molar-refractivity contribution in [2.45, 2.75) is 12.5 Å². The third kappa shape index (κ3) is 3.30. The van der Waals surface area contributed by atoms with Crippen LogP contribution in [0.15, 0.2) is 18.2 Å². The largest absolute Gasteiger partial charge is 0.482 e. The molecule has 7 heteroatoms. The van der Waals surface area contributed by atoms with Crippen molar-refractivity contribution in [3.05, 3.63) is 23.8 Å². The maximum Gasteiger partial charge on any atom is 0.327 e. The van der Waals surface area contributed by atoms with Crippen LogP contribution in [-0.2, 0) is 9.59 Å². The van der Waals surface area contributed by atoms with Crippen molar-refractivity contribution in [2.24, 2.45) is 0 Å². The first kappa shape index (κ1) is 14.4. The molecule has 3 N–H and O–H groups in total. The van der Waals surface area contributed by atoms with Gasteiger partial charge >= 0.3 is 5.97 Å². The number of rotatable bonds is 4. The van der Waals surface area contributed by atoms with Gasteiger partial charge in [0, 0.05) is 12.0 Å². The summed E-state index contributed by atoms with van der Waals surface area (Å²) in [6.07, 6.45) is 4.94. The molecular formula is C14H12N2O5. The third-order valence-corrected chi connectivity index (χ3v) is 2.80. The number of carbonyl (C=O) groups is 3. The van der Waals surface area contributed by atoms with Crippen LogP contribution in [0, 0.1) is 12.3 Å². The van der Waals surface area contributed by atoms with Crippen molar-refractivity contribution < 1.29 is 24.2 Å². The Hall–Kier alpha value is -3.01. The number of benzene rings is 1. The first-order chi connectivity index (χ1) is 10.0. The molecule has 2 rings (SSSR count). The second kappa shape index (κ2) is 5.96. The average Bonchev–Trinajstić information content (AvgIpc) is 2.45. The standard InChI is InChI=1S/C14H12N2O5/c1-2-3-9(14(19)20)16-13(18)8-4-5-11-10(6-8)15-12(17)7-21-11/h1,4-6,9H,3,7H2,(H,15,17)(H,16,18)(H,19,20). The van der Waals surface area contributed by atoms with Crippen LogP contribution in [0.5, 0.6) is 5.75 Å².